The molecular formula is C29H33N3O3S2. The smallest absolute Gasteiger partial charge is 0.348 e. The third-order valence-corrected chi connectivity index (χ3v) is 9.35. The van der Waals surface area contributed by atoms with Crippen molar-refractivity contribution in [1.82, 2.24) is 9.88 Å². The van der Waals surface area contributed by atoms with E-state index in [0.29, 0.717) is 22.2 Å². The number of likely N-dealkylation sites (N-methyl/N-ethyl adjacent to an activating group) is 1. The van der Waals surface area contributed by atoms with Gasteiger partial charge in [0.05, 0.1) is 12.6 Å². The van der Waals surface area contributed by atoms with Gasteiger partial charge in [-0.3, -0.25) is 4.79 Å². The molecule has 1 aliphatic carbocycles. The second kappa shape index (κ2) is 11.3. The summed E-state index contributed by atoms with van der Waals surface area (Å²) < 4.78 is 5.22. The largest absolute Gasteiger partial charge is 0.465 e. The van der Waals surface area contributed by atoms with Crippen LogP contribution in [0.15, 0.2) is 46.8 Å². The van der Waals surface area contributed by atoms with Crippen LogP contribution in [-0.2, 0) is 4.74 Å². The zero-order chi connectivity index (χ0) is 25.9. The predicted octanol–water partition coefficient (Wildman–Crippen LogP) is 6.83. The number of methoxy groups -OCH3 is 1. The monoisotopic (exact) mass is 535 g/mol. The maximum Gasteiger partial charge on any atom is 0.348 e. The molecule has 3 heterocycles. The maximum atomic E-state index is 12.9. The molecule has 0 bridgehead atoms. The Bertz CT molecular complexity index is 1290. The van der Waals surface area contributed by atoms with E-state index in [0.717, 1.165) is 41.4 Å². The second-order valence-electron chi connectivity index (χ2n) is 10.2. The first-order valence-electron chi connectivity index (χ1n) is 12.9. The van der Waals surface area contributed by atoms with Crippen molar-refractivity contribution in [1.29, 1.82) is 0 Å². The topological polar surface area (TPSA) is 71.5 Å². The summed E-state index contributed by atoms with van der Waals surface area (Å²) in [6.07, 6.45) is 5.95. The Hall–Kier alpha value is -2.81. The second-order valence-corrected chi connectivity index (χ2v) is 12.0. The minimum Gasteiger partial charge on any atom is -0.465 e. The number of rotatable bonds is 6. The number of esters is 1. The van der Waals surface area contributed by atoms with Crippen LogP contribution < -0.4 is 5.32 Å². The summed E-state index contributed by atoms with van der Waals surface area (Å²) in [5, 5.41) is 4.62. The summed E-state index contributed by atoms with van der Waals surface area (Å²) >= 11 is 2.88. The highest BCUT2D eigenvalue weighted by atomic mass is 32.1. The fourth-order valence-electron chi connectivity index (χ4n) is 5.46. The average Bonchev–Trinajstić information content (AvgIpc) is 3.60. The van der Waals surface area contributed by atoms with Crippen LogP contribution in [0.2, 0.25) is 0 Å². The summed E-state index contributed by atoms with van der Waals surface area (Å²) in [5.41, 5.74) is 7.66. The number of amides is 1. The number of carbonyl (C=O) groups is 2. The molecule has 194 valence electrons. The van der Waals surface area contributed by atoms with Crippen molar-refractivity contribution < 1.29 is 14.3 Å². The molecular weight excluding hydrogens is 502 g/mol. The third-order valence-electron chi connectivity index (χ3n) is 7.60. The quantitative estimate of drug-likeness (QED) is 0.351. The van der Waals surface area contributed by atoms with Crippen LogP contribution >= 0.6 is 22.7 Å². The summed E-state index contributed by atoms with van der Waals surface area (Å²) in [6, 6.07) is 9.92. The summed E-state index contributed by atoms with van der Waals surface area (Å²) in [6.45, 7) is 4.31. The van der Waals surface area contributed by atoms with E-state index in [4.69, 9.17) is 4.74 Å². The number of aromatic nitrogens is 1. The van der Waals surface area contributed by atoms with Crippen molar-refractivity contribution >= 4 is 45.8 Å². The SMILES string of the molecule is COC(=O)c1sc(-c2ccc(NC(=O)c3cscn3)cc2)cc1C1=C(C2CCC(C)CC2)CN(C)CC1. The van der Waals surface area contributed by atoms with E-state index < -0.39 is 0 Å². The molecule has 8 heteroatoms. The molecule has 3 aromatic rings. The highest BCUT2D eigenvalue weighted by molar-refractivity contribution is 7.17. The molecule has 1 saturated carbocycles. The molecule has 37 heavy (non-hydrogen) atoms. The van der Waals surface area contributed by atoms with Crippen LogP contribution in [0.1, 0.15) is 64.8 Å². The first-order chi connectivity index (χ1) is 17.9. The number of nitrogens with one attached hydrogen (secondary N) is 1. The molecule has 2 aromatic heterocycles. The molecule has 1 N–H and O–H groups in total. The van der Waals surface area contributed by atoms with Gasteiger partial charge in [0.15, 0.2) is 0 Å². The fourth-order valence-corrected chi connectivity index (χ4v) is 7.10. The molecule has 5 rings (SSSR count). The van der Waals surface area contributed by atoms with Crippen molar-refractivity contribution in [3.8, 4) is 10.4 Å². The van der Waals surface area contributed by atoms with Gasteiger partial charge in [-0.25, -0.2) is 9.78 Å². The van der Waals surface area contributed by atoms with Gasteiger partial charge in [-0.2, -0.15) is 0 Å². The first kappa shape index (κ1) is 25.8. The standard InChI is InChI=1S/C29H33N3O3S2/c1-18-4-6-19(7-5-18)24-15-32(2)13-12-22(24)23-14-26(37-27(23)29(34)35-3)20-8-10-21(11-9-20)31-28(33)25-16-36-17-30-25/h8-11,14,16-19H,4-7,12-13,15H2,1-3H3,(H,31,33). The van der Waals surface area contributed by atoms with Crippen molar-refractivity contribution in [2.45, 2.75) is 39.0 Å². The molecule has 1 aromatic carbocycles. The number of ether oxygens (including phenoxy) is 1. The van der Waals surface area contributed by atoms with Crippen LogP contribution in [-0.4, -0.2) is 49.0 Å². The van der Waals surface area contributed by atoms with Gasteiger partial charge in [0, 0.05) is 34.6 Å². The van der Waals surface area contributed by atoms with Gasteiger partial charge in [0.1, 0.15) is 10.6 Å². The van der Waals surface area contributed by atoms with Gasteiger partial charge >= 0.3 is 5.97 Å². The first-order valence-corrected chi connectivity index (χ1v) is 14.6. The van der Waals surface area contributed by atoms with E-state index in [1.165, 1.54) is 66.6 Å². The Morgan fingerprint density at radius 1 is 1.14 bits per heavy atom. The average molecular weight is 536 g/mol. The molecule has 0 atom stereocenters. The Kier molecular flexibility index (Phi) is 7.88. The van der Waals surface area contributed by atoms with Crippen LogP contribution in [0, 0.1) is 11.8 Å². The molecule has 0 unspecified atom stereocenters. The lowest BCUT2D eigenvalue weighted by Crippen LogP contribution is -2.31. The Balaban J connectivity index is 1.47. The lowest BCUT2D eigenvalue weighted by atomic mass is 9.75. The number of hydrogen-bond acceptors (Lipinski definition) is 7. The molecule has 2 aliphatic rings. The Morgan fingerprint density at radius 3 is 2.57 bits per heavy atom. The normalized spacial score (nSPS) is 20.6. The summed E-state index contributed by atoms with van der Waals surface area (Å²) in [7, 11) is 3.65. The van der Waals surface area contributed by atoms with Crippen molar-refractivity contribution in [3.63, 3.8) is 0 Å². The molecule has 1 amide bonds. The van der Waals surface area contributed by atoms with Crippen LogP contribution in [0.3, 0.4) is 0 Å². The van der Waals surface area contributed by atoms with Crippen molar-refractivity contribution in [2.24, 2.45) is 11.8 Å². The number of nitrogens with zero attached hydrogens (tertiary/aromatic N) is 2. The van der Waals surface area contributed by atoms with E-state index in [1.807, 2.05) is 24.3 Å². The van der Waals surface area contributed by atoms with Gasteiger partial charge in [0.2, 0.25) is 0 Å². The number of benzene rings is 1. The predicted molar refractivity (Wildman–Crippen MR) is 151 cm³/mol. The lowest BCUT2D eigenvalue weighted by molar-refractivity contribution is 0.0605. The van der Waals surface area contributed by atoms with E-state index in [-0.39, 0.29) is 11.9 Å². The molecule has 0 radical (unpaired) electrons. The molecule has 1 fully saturated rings. The highest BCUT2D eigenvalue weighted by Crippen LogP contribution is 2.43. The fraction of sp³-hybridized carbons (Fsp3) is 0.414. The van der Waals surface area contributed by atoms with Crippen molar-refractivity contribution in [2.75, 3.05) is 32.6 Å². The van der Waals surface area contributed by atoms with Crippen molar-refractivity contribution in [3.05, 3.63) is 62.9 Å². The molecule has 0 saturated heterocycles. The summed E-state index contributed by atoms with van der Waals surface area (Å²) in [4.78, 5) is 33.4. The van der Waals surface area contributed by atoms with E-state index in [9.17, 15) is 9.59 Å². The number of hydrogen-bond donors (Lipinski definition) is 1. The van der Waals surface area contributed by atoms with E-state index in [1.54, 1.807) is 10.9 Å². The van der Waals surface area contributed by atoms with Crippen LogP contribution in [0.25, 0.3) is 16.0 Å². The highest BCUT2D eigenvalue weighted by Gasteiger charge is 2.30. The third kappa shape index (κ3) is 5.71. The Morgan fingerprint density at radius 2 is 1.89 bits per heavy atom. The number of anilines is 1. The zero-order valence-corrected chi connectivity index (χ0v) is 23.2. The van der Waals surface area contributed by atoms with E-state index in [2.05, 4.69) is 35.2 Å². The molecule has 1 aliphatic heterocycles. The number of carbonyl (C=O) groups excluding carboxylic acids is 2. The van der Waals surface area contributed by atoms with Gasteiger partial charge in [-0.15, -0.1) is 22.7 Å². The van der Waals surface area contributed by atoms with Gasteiger partial charge in [0.25, 0.3) is 5.91 Å². The number of thiazole rings is 1. The summed E-state index contributed by atoms with van der Waals surface area (Å²) in [5.74, 6) is 0.887. The van der Waals surface area contributed by atoms with E-state index >= 15 is 0 Å². The van der Waals surface area contributed by atoms with Crippen LogP contribution in [0.5, 0.6) is 0 Å². The molecule has 6 nitrogen and oxygen atoms in total. The van der Waals surface area contributed by atoms with Gasteiger partial charge in [-0.05, 0) is 73.1 Å². The molecule has 0 spiro atoms. The van der Waals surface area contributed by atoms with Gasteiger partial charge < -0.3 is 15.0 Å². The van der Waals surface area contributed by atoms with Gasteiger partial charge in [-0.1, -0.05) is 31.9 Å². The maximum absolute atomic E-state index is 12.9. The number of thiophene rings is 1. The zero-order valence-electron chi connectivity index (χ0n) is 21.6. The Labute approximate surface area is 226 Å². The minimum absolute atomic E-state index is 0.223. The minimum atomic E-state index is -0.276. The van der Waals surface area contributed by atoms with Crippen LogP contribution in [0.4, 0.5) is 5.69 Å². The lowest BCUT2D eigenvalue weighted by Gasteiger charge is -2.35.